The van der Waals surface area contributed by atoms with E-state index in [1.807, 2.05) is 0 Å². The number of rotatable bonds is 4. The molecule has 4 rings (SSSR count). The van der Waals surface area contributed by atoms with Crippen LogP contribution in [-0.2, 0) is 4.79 Å². The topological polar surface area (TPSA) is 66.6 Å². The van der Waals surface area contributed by atoms with Crippen LogP contribution in [0.5, 0.6) is 0 Å². The van der Waals surface area contributed by atoms with Crippen molar-refractivity contribution in [3.63, 3.8) is 0 Å². The second-order valence-electron chi connectivity index (χ2n) is 7.02. The van der Waals surface area contributed by atoms with Crippen molar-refractivity contribution in [3.05, 3.63) is 0 Å². The highest BCUT2D eigenvalue weighted by Gasteiger charge is 2.51. The highest BCUT2D eigenvalue weighted by atomic mass is 16.3. The zero-order valence-corrected chi connectivity index (χ0v) is 11.8. The summed E-state index contributed by atoms with van der Waals surface area (Å²) >= 11 is 0. The van der Waals surface area contributed by atoms with Gasteiger partial charge in [0.15, 0.2) is 0 Å². The monoisotopic (exact) mass is 266 g/mol. The molecule has 4 aliphatic carbocycles. The van der Waals surface area contributed by atoms with E-state index < -0.39 is 0 Å². The van der Waals surface area contributed by atoms with Gasteiger partial charge in [0.1, 0.15) is 0 Å². The molecule has 4 fully saturated rings. The SMILES string of the molecule is CN(CCO)C(=O)C(N)C1C2CC3CC(C2)CC1C3. The molecule has 4 saturated carbocycles. The molecule has 0 aliphatic heterocycles. The molecule has 4 bridgehead atoms. The van der Waals surface area contributed by atoms with Crippen molar-refractivity contribution in [2.45, 2.75) is 38.1 Å². The van der Waals surface area contributed by atoms with Gasteiger partial charge in [-0.15, -0.1) is 0 Å². The standard InChI is InChI=1S/C15H26N2O2/c1-17(2-3-18)15(19)14(16)13-11-5-9-4-10(7-11)8-12(13)6-9/h9-14,18H,2-8,16H2,1H3. The lowest BCUT2D eigenvalue weighted by atomic mass is 9.50. The number of amides is 1. The Kier molecular flexibility index (Phi) is 3.56. The van der Waals surface area contributed by atoms with Crippen molar-refractivity contribution in [1.82, 2.24) is 4.90 Å². The molecule has 1 unspecified atom stereocenters. The van der Waals surface area contributed by atoms with Crippen LogP contribution in [0, 0.1) is 29.6 Å². The summed E-state index contributed by atoms with van der Waals surface area (Å²) in [4.78, 5) is 13.9. The number of nitrogens with zero attached hydrogens (tertiary/aromatic N) is 1. The van der Waals surface area contributed by atoms with Crippen molar-refractivity contribution >= 4 is 5.91 Å². The van der Waals surface area contributed by atoms with Crippen LogP contribution in [0.25, 0.3) is 0 Å². The fourth-order valence-electron chi connectivity index (χ4n) is 5.23. The third kappa shape index (κ3) is 2.29. The van der Waals surface area contributed by atoms with Gasteiger partial charge in [-0.2, -0.15) is 0 Å². The van der Waals surface area contributed by atoms with Gasteiger partial charge in [-0.05, 0) is 61.7 Å². The number of hydrogen-bond donors (Lipinski definition) is 2. The minimum absolute atomic E-state index is 0.0105. The lowest BCUT2D eigenvalue weighted by molar-refractivity contribution is -0.138. The number of nitrogens with two attached hydrogens (primary N) is 1. The molecular weight excluding hydrogens is 240 g/mol. The number of hydrogen-bond acceptors (Lipinski definition) is 3. The second-order valence-corrected chi connectivity index (χ2v) is 7.02. The first-order chi connectivity index (χ1) is 9.10. The fourth-order valence-corrected chi connectivity index (χ4v) is 5.23. The first-order valence-corrected chi connectivity index (χ1v) is 7.71. The molecule has 3 N–H and O–H groups in total. The zero-order valence-electron chi connectivity index (χ0n) is 11.8. The number of carbonyl (C=O) groups excluding carboxylic acids is 1. The van der Waals surface area contributed by atoms with Gasteiger partial charge in [-0.3, -0.25) is 4.79 Å². The van der Waals surface area contributed by atoms with E-state index >= 15 is 0 Å². The number of carbonyl (C=O) groups is 1. The Hall–Kier alpha value is -0.610. The Morgan fingerprint density at radius 3 is 2.21 bits per heavy atom. The van der Waals surface area contributed by atoms with Gasteiger partial charge in [0, 0.05) is 13.6 Å². The van der Waals surface area contributed by atoms with Crippen LogP contribution in [0.4, 0.5) is 0 Å². The summed E-state index contributed by atoms with van der Waals surface area (Å²) in [5.74, 6) is 3.59. The maximum absolute atomic E-state index is 12.3. The summed E-state index contributed by atoms with van der Waals surface area (Å²) in [5.41, 5.74) is 6.30. The fraction of sp³-hybridized carbons (Fsp3) is 0.933. The van der Waals surface area contributed by atoms with Crippen LogP contribution >= 0.6 is 0 Å². The Labute approximate surface area is 115 Å². The summed E-state index contributed by atoms with van der Waals surface area (Å²) in [6.07, 6.45) is 6.60. The molecule has 0 aromatic rings. The van der Waals surface area contributed by atoms with Gasteiger partial charge >= 0.3 is 0 Å². The number of aliphatic hydroxyl groups is 1. The summed E-state index contributed by atoms with van der Waals surface area (Å²) in [5, 5.41) is 8.94. The Morgan fingerprint density at radius 1 is 1.21 bits per heavy atom. The quantitative estimate of drug-likeness (QED) is 0.792. The van der Waals surface area contributed by atoms with Gasteiger partial charge < -0.3 is 15.7 Å². The van der Waals surface area contributed by atoms with Crippen LogP contribution in [0.15, 0.2) is 0 Å². The molecule has 19 heavy (non-hydrogen) atoms. The molecule has 0 saturated heterocycles. The highest BCUT2D eigenvalue weighted by molar-refractivity contribution is 5.81. The molecule has 4 aliphatic rings. The predicted octanol–water partition coefficient (Wildman–Crippen LogP) is 0.837. The maximum Gasteiger partial charge on any atom is 0.239 e. The van der Waals surface area contributed by atoms with Crippen LogP contribution < -0.4 is 5.73 Å². The van der Waals surface area contributed by atoms with E-state index in [1.165, 1.54) is 32.1 Å². The molecule has 0 heterocycles. The maximum atomic E-state index is 12.3. The third-order valence-electron chi connectivity index (χ3n) is 5.81. The average Bonchev–Trinajstić information content (AvgIpc) is 2.36. The van der Waals surface area contributed by atoms with Crippen molar-refractivity contribution in [2.75, 3.05) is 20.2 Å². The van der Waals surface area contributed by atoms with Crippen molar-refractivity contribution in [1.29, 1.82) is 0 Å². The summed E-state index contributed by atoms with van der Waals surface area (Å²) in [6, 6.07) is -0.355. The van der Waals surface area contributed by atoms with Crippen LogP contribution in [0.1, 0.15) is 32.1 Å². The number of likely N-dealkylation sites (N-methyl/N-ethyl adjacent to an activating group) is 1. The lowest BCUT2D eigenvalue weighted by Gasteiger charge is -2.55. The molecule has 1 amide bonds. The van der Waals surface area contributed by atoms with E-state index in [-0.39, 0.29) is 18.6 Å². The second kappa shape index (κ2) is 5.06. The molecular formula is C15H26N2O2. The van der Waals surface area contributed by atoms with Crippen molar-refractivity contribution in [3.8, 4) is 0 Å². The molecule has 0 aromatic carbocycles. The largest absolute Gasteiger partial charge is 0.395 e. The predicted molar refractivity (Wildman–Crippen MR) is 73.2 cm³/mol. The first-order valence-electron chi connectivity index (χ1n) is 7.71. The lowest BCUT2D eigenvalue weighted by Crippen LogP contribution is -2.56. The molecule has 108 valence electrons. The summed E-state index contributed by atoms with van der Waals surface area (Å²) < 4.78 is 0. The van der Waals surface area contributed by atoms with E-state index in [0.29, 0.717) is 24.3 Å². The van der Waals surface area contributed by atoms with E-state index in [0.717, 1.165) is 11.8 Å². The van der Waals surface area contributed by atoms with Crippen molar-refractivity contribution in [2.24, 2.45) is 35.3 Å². The van der Waals surface area contributed by atoms with E-state index in [1.54, 1.807) is 11.9 Å². The van der Waals surface area contributed by atoms with Gasteiger partial charge in [0.2, 0.25) is 5.91 Å². The molecule has 1 atom stereocenters. The first kappa shape index (κ1) is 13.4. The van der Waals surface area contributed by atoms with E-state index in [4.69, 9.17) is 10.8 Å². The minimum Gasteiger partial charge on any atom is -0.395 e. The van der Waals surface area contributed by atoms with Gasteiger partial charge in [-0.1, -0.05) is 0 Å². The minimum atomic E-state index is -0.355. The molecule has 0 radical (unpaired) electrons. The summed E-state index contributed by atoms with van der Waals surface area (Å²) in [6.45, 7) is 0.399. The Morgan fingerprint density at radius 2 is 1.74 bits per heavy atom. The average molecular weight is 266 g/mol. The zero-order chi connectivity index (χ0) is 13.6. The van der Waals surface area contributed by atoms with Crippen LogP contribution in [0.2, 0.25) is 0 Å². The Balaban J connectivity index is 1.70. The molecule has 4 heteroatoms. The molecule has 4 nitrogen and oxygen atoms in total. The Bertz CT molecular complexity index is 330. The van der Waals surface area contributed by atoms with Crippen LogP contribution in [0.3, 0.4) is 0 Å². The third-order valence-corrected chi connectivity index (χ3v) is 5.81. The van der Waals surface area contributed by atoms with Gasteiger partial charge in [0.05, 0.1) is 12.6 Å². The molecule has 0 spiro atoms. The number of aliphatic hydroxyl groups excluding tert-OH is 1. The van der Waals surface area contributed by atoms with Crippen LogP contribution in [-0.4, -0.2) is 42.2 Å². The van der Waals surface area contributed by atoms with Gasteiger partial charge in [-0.25, -0.2) is 0 Å². The van der Waals surface area contributed by atoms with Gasteiger partial charge in [0.25, 0.3) is 0 Å². The van der Waals surface area contributed by atoms with Crippen molar-refractivity contribution < 1.29 is 9.90 Å². The smallest absolute Gasteiger partial charge is 0.239 e. The highest BCUT2D eigenvalue weighted by Crippen LogP contribution is 2.57. The van der Waals surface area contributed by atoms with E-state index in [2.05, 4.69) is 0 Å². The van der Waals surface area contributed by atoms with E-state index in [9.17, 15) is 4.79 Å². The summed E-state index contributed by atoms with van der Waals surface area (Å²) in [7, 11) is 1.74. The molecule has 0 aromatic heterocycles. The normalized spacial score (nSPS) is 41.3.